The molecule has 0 aromatic rings. The van der Waals surface area contributed by atoms with Crippen LogP contribution in [0, 0.1) is 5.92 Å². The van der Waals surface area contributed by atoms with Crippen LogP contribution < -0.4 is 0 Å². The number of carbonyl (C=O) groups excluding carboxylic acids is 2. The Hall–Kier alpha value is -0.510. The maximum Gasteiger partial charge on any atom is 0.242 e. The minimum atomic E-state index is -0.160. The smallest absolute Gasteiger partial charge is 0.242 e. The van der Waals surface area contributed by atoms with Crippen LogP contribution in [0.3, 0.4) is 0 Å². The fraction of sp³-hybridized carbons (Fsp3) is 0.714. The first-order valence-corrected chi connectivity index (χ1v) is 4.72. The van der Waals surface area contributed by atoms with E-state index in [4.69, 9.17) is 0 Å². The van der Waals surface area contributed by atoms with Crippen LogP contribution in [0.5, 0.6) is 0 Å². The van der Waals surface area contributed by atoms with Gasteiger partial charge in [-0.3, -0.25) is 14.5 Å². The number of nitrogens with zero attached hydrogens (tertiary/aromatic N) is 1. The van der Waals surface area contributed by atoms with E-state index in [0.29, 0.717) is 0 Å². The van der Waals surface area contributed by atoms with Gasteiger partial charge in [-0.15, -0.1) is 0 Å². The van der Waals surface area contributed by atoms with Gasteiger partial charge in [-0.1, -0.05) is 6.92 Å². The molecule has 0 aromatic heterocycles. The molecule has 2 amide bonds. The summed E-state index contributed by atoms with van der Waals surface area (Å²) in [5.41, 5.74) is 0. The largest absolute Gasteiger partial charge is 0.284 e. The summed E-state index contributed by atoms with van der Waals surface area (Å²) < 4.78 is 0. The first-order valence-electron chi connectivity index (χ1n) is 3.43. The Morgan fingerprint density at radius 3 is 2.09 bits per heavy atom. The van der Waals surface area contributed by atoms with Crippen molar-refractivity contribution < 1.29 is 9.59 Å². The van der Waals surface area contributed by atoms with Crippen LogP contribution in [0.4, 0.5) is 0 Å². The first-order chi connectivity index (χ1) is 5.09. The van der Waals surface area contributed by atoms with Gasteiger partial charge in [-0.2, -0.15) is 11.8 Å². The molecule has 1 fully saturated rings. The highest BCUT2D eigenvalue weighted by molar-refractivity contribution is 8.00. The molecule has 4 heteroatoms. The van der Waals surface area contributed by atoms with Crippen molar-refractivity contribution in [2.75, 3.05) is 13.3 Å². The number of thioether (sulfide) groups is 1. The van der Waals surface area contributed by atoms with Crippen molar-refractivity contribution in [3.8, 4) is 0 Å². The molecular weight excluding hydrogens is 162 g/mol. The van der Waals surface area contributed by atoms with E-state index >= 15 is 0 Å². The Morgan fingerprint density at radius 1 is 1.36 bits per heavy atom. The van der Waals surface area contributed by atoms with Crippen molar-refractivity contribution in [2.24, 2.45) is 5.92 Å². The lowest BCUT2D eigenvalue weighted by Crippen LogP contribution is -2.26. The van der Waals surface area contributed by atoms with Crippen LogP contribution in [-0.4, -0.2) is 35.3 Å². The quantitative estimate of drug-likeness (QED) is 0.537. The summed E-state index contributed by atoms with van der Waals surface area (Å²) in [7, 11) is 1.54. The SMILES string of the molecule is CSC1C(=O)N(C)C(=O)C1C. The van der Waals surface area contributed by atoms with E-state index < -0.39 is 0 Å². The highest BCUT2D eigenvalue weighted by atomic mass is 32.2. The predicted octanol–water partition coefficient (Wildman–Crippen LogP) is 0.353. The molecule has 1 aliphatic heterocycles. The molecule has 3 nitrogen and oxygen atoms in total. The Kier molecular flexibility index (Phi) is 2.23. The molecule has 2 unspecified atom stereocenters. The van der Waals surface area contributed by atoms with E-state index in [1.807, 2.05) is 6.26 Å². The Balaban J connectivity index is 2.86. The molecule has 0 aromatic carbocycles. The maximum absolute atomic E-state index is 11.2. The molecular formula is C7H11NO2S. The minimum absolute atomic E-state index is 0.0602. The fourth-order valence-electron chi connectivity index (χ4n) is 1.25. The van der Waals surface area contributed by atoms with Crippen molar-refractivity contribution in [3.63, 3.8) is 0 Å². The summed E-state index contributed by atoms with van der Waals surface area (Å²) in [4.78, 5) is 23.6. The third-order valence-electron chi connectivity index (χ3n) is 2.00. The molecule has 62 valence electrons. The van der Waals surface area contributed by atoms with Crippen LogP contribution in [0.25, 0.3) is 0 Å². The van der Waals surface area contributed by atoms with E-state index in [0.717, 1.165) is 0 Å². The van der Waals surface area contributed by atoms with Crippen molar-refractivity contribution in [1.29, 1.82) is 0 Å². The molecule has 0 N–H and O–H groups in total. The fourth-order valence-corrected chi connectivity index (χ4v) is 2.14. The van der Waals surface area contributed by atoms with E-state index in [-0.39, 0.29) is 23.0 Å². The molecule has 0 aliphatic carbocycles. The van der Waals surface area contributed by atoms with Gasteiger partial charge >= 0.3 is 0 Å². The van der Waals surface area contributed by atoms with Gasteiger partial charge in [-0.25, -0.2) is 0 Å². The molecule has 0 radical (unpaired) electrons. The number of carbonyl (C=O) groups is 2. The zero-order valence-corrected chi connectivity index (χ0v) is 7.64. The normalized spacial score (nSPS) is 31.7. The second-order valence-electron chi connectivity index (χ2n) is 2.68. The Morgan fingerprint density at radius 2 is 1.91 bits per heavy atom. The maximum atomic E-state index is 11.2. The lowest BCUT2D eigenvalue weighted by atomic mass is 10.1. The average molecular weight is 173 g/mol. The molecule has 11 heavy (non-hydrogen) atoms. The van der Waals surface area contributed by atoms with Gasteiger partial charge < -0.3 is 0 Å². The monoisotopic (exact) mass is 173 g/mol. The lowest BCUT2D eigenvalue weighted by molar-refractivity contribution is -0.137. The average Bonchev–Trinajstić information content (AvgIpc) is 2.17. The summed E-state index contributed by atoms with van der Waals surface area (Å²) in [6.07, 6.45) is 1.85. The van der Waals surface area contributed by atoms with E-state index in [2.05, 4.69) is 0 Å². The van der Waals surface area contributed by atoms with Crippen LogP contribution in [0.2, 0.25) is 0 Å². The molecule has 2 atom stereocenters. The number of amides is 2. The van der Waals surface area contributed by atoms with Crippen LogP contribution in [0.1, 0.15) is 6.92 Å². The molecule has 0 saturated carbocycles. The van der Waals surface area contributed by atoms with Gasteiger partial charge in [0.2, 0.25) is 11.8 Å². The highest BCUT2D eigenvalue weighted by Gasteiger charge is 2.42. The van der Waals surface area contributed by atoms with Gasteiger partial charge in [-0.05, 0) is 6.26 Å². The summed E-state index contributed by atoms with van der Waals surface area (Å²) >= 11 is 1.44. The van der Waals surface area contributed by atoms with Crippen molar-refractivity contribution >= 4 is 23.6 Å². The van der Waals surface area contributed by atoms with Crippen LogP contribution >= 0.6 is 11.8 Å². The second kappa shape index (κ2) is 2.85. The number of likely N-dealkylation sites (tertiary alicyclic amines) is 1. The summed E-state index contributed by atoms with van der Waals surface area (Å²) in [5.74, 6) is -0.271. The van der Waals surface area contributed by atoms with E-state index in [9.17, 15) is 9.59 Å². The minimum Gasteiger partial charge on any atom is -0.284 e. The van der Waals surface area contributed by atoms with Crippen LogP contribution in [0.15, 0.2) is 0 Å². The summed E-state index contributed by atoms with van der Waals surface area (Å²) in [5, 5.41) is -0.160. The Labute approximate surface area is 70.1 Å². The highest BCUT2D eigenvalue weighted by Crippen LogP contribution is 2.27. The van der Waals surface area contributed by atoms with Gasteiger partial charge in [0, 0.05) is 7.05 Å². The molecule has 0 spiro atoms. The van der Waals surface area contributed by atoms with Crippen molar-refractivity contribution in [2.45, 2.75) is 12.2 Å². The summed E-state index contributed by atoms with van der Waals surface area (Å²) in [6, 6.07) is 0. The van der Waals surface area contributed by atoms with Gasteiger partial charge in [0.25, 0.3) is 0 Å². The van der Waals surface area contributed by atoms with Gasteiger partial charge in [0.15, 0.2) is 0 Å². The molecule has 0 bridgehead atoms. The standard InChI is InChI=1S/C7H11NO2S/c1-4-5(11-3)7(10)8(2)6(4)9/h4-5H,1-3H3. The zero-order chi connectivity index (χ0) is 8.59. The second-order valence-corrected chi connectivity index (χ2v) is 3.66. The zero-order valence-electron chi connectivity index (χ0n) is 6.83. The predicted molar refractivity (Wildman–Crippen MR) is 44.2 cm³/mol. The summed E-state index contributed by atoms with van der Waals surface area (Å²) in [6.45, 7) is 1.80. The molecule has 1 rings (SSSR count). The molecule has 1 saturated heterocycles. The Bertz CT molecular complexity index is 205. The van der Waals surface area contributed by atoms with Crippen molar-refractivity contribution in [3.05, 3.63) is 0 Å². The third-order valence-corrected chi connectivity index (χ3v) is 3.12. The number of hydrogen-bond donors (Lipinski definition) is 0. The van der Waals surface area contributed by atoms with Gasteiger partial charge in [0.05, 0.1) is 11.2 Å². The number of hydrogen-bond acceptors (Lipinski definition) is 3. The lowest BCUT2D eigenvalue weighted by Gasteiger charge is -2.05. The van der Waals surface area contributed by atoms with E-state index in [1.165, 1.54) is 23.7 Å². The van der Waals surface area contributed by atoms with Crippen molar-refractivity contribution in [1.82, 2.24) is 4.90 Å². The first kappa shape index (κ1) is 8.59. The molecule has 1 aliphatic rings. The topological polar surface area (TPSA) is 37.4 Å². The third kappa shape index (κ3) is 1.15. The number of rotatable bonds is 1. The van der Waals surface area contributed by atoms with E-state index in [1.54, 1.807) is 6.92 Å². The van der Waals surface area contributed by atoms with Crippen LogP contribution in [-0.2, 0) is 9.59 Å². The van der Waals surface area contributed by atoms with Gasteiger partial charge in [0.1, 0.15) is 0 Å². The number of imide groups is 1. The molecule has 1 heterocycles.